The van der Waals surface area contributed by atoms with Gasteiger partial charge in [-0.25, -0.2) is 0 Å². The number of alkyl halides is 4. The van der Waals surface area contributed by atoms with Gasteiger partial charge in [0, 0.05) is 0 Å². The monoisotopic (exact) mass is 403 g/mol. The van der Waals surface area contributed by atoms with Gasteiger partial charge in [-0.2, -0.15) is 0 Å². The molecule has 0 aromatic heterocycles. The van der Waals surface area contributed by atoms with Crippen molar-refractivity contribution in [2.45, 2.75) is 19.9 Å². The van der Waals surface area contributed by atoms with Crippen LogP contribution in [0.5, 0.6) is 0 Å². The number of halogens is 4. The van der Waals surface area contributed by atoms with Gasteiger partial charge >= 0.3 is 0 Å². The zero-order valence-corrected chi connectivity index (χ0v) is 11.4. The third-order valence-corrected chi connectivity index (χ3v) is 2.35. The van der Waals surface area contributed by atoms with Gasteiger partial charge in [0.05, 0.1) is 4.95 Å². The Morgan fingerprint density at radius 2 is 1.70 bits per heavy atom. The minimum Gasteiger partial charge on any atom is -0.412 e. The van der Waals surface area contributed by atoms with E-state index in [2.05, 4.69) is 63.7 Å². The lowest BCUT2D eigenvalue weighted by Crippen LogP contribution is -2.13. The topological polar surface area (TPSA) is 57.5 Å². The van der Waals surface area contributed by atoms with Crippen molar-refractivity contribution in [3.63, 3.8) is 0 Å². The van der Waals surface area contributed by atoms with Crippen LogP contribution in [0.2, 0.25) is 0 Å². The van der Waals surface area contributed by atoms with E-state index in [9.17, 15) is 0 Å². The number of rotatable bonds is 2. The molecule has 10 heavy (non-hydrogen) atoms. The smallest absolute Gasteiger partial charge is 0.135 e. The quantitative estimate of drug-likeness (QED) is 0.556. The van der Waals surface area contributed by atoms with E-state index in [0.29, 0.717) is 0 Å². The first-order chi connectivity index (χ1) is 3.92. The average molecular weight is 407 g/mol. The molecule has 1 atom stereocenters. The maximum Gasteiger partial charge on any atom is 0.135 e. The van der Waals surface area contributed by atoms with Gasteiger partial charge in [-0.1, -0.05) is 63.7 Å². The van der Waals surface area contributed by atoms with Gasteiger partial charge in [-0.3, -0.25) is 0 Å². The first-order valence-corrected chi connectivity index (χ1v) is 5.67. The normalized spacial score (nSPS) is 14.1. The highest BCUT2D eigenvalue weighted by molar-refractivity contribution is 9.39. The first-order valence-electron chi connectivity index (χ1n) is 2.38. The third-order valence-electron chi connectivity index (χ3n) is 0.704. The Morgan fingerprint density at radius 3 is 1.80 bits per heavy atom. The van der Waals surface area contributed by atoms with Crippen LogP contribution >= 0.6 is 63.7 Å². The first kappa shape index (κ1) is 14.4. The fourth-order valence-corrected chi connectivity index (χ4v) is 1.22. The molecule has 4 N–H and O–H groups in total. The molecule has 0 rings (SSSR count). The number of nitrogens with two attached hydrogens (primary N) is 1. The van der Waals surface area contributed by atoms with E-state index in [-0.39, 0.29) is 12.6 Å². The molecule has 0 fully saturated rings. The lowest BCUT2D eigenvalue weighted by Gasteiger charge is -2.11. The predicted molar refractivity (Wildman–Crippen MR) is 59.3 cm³/mol. The molecule has 0 spiro atoms. The maximum absolute atomic E-state index is 5.45. The largest absolute Gasteiger partial charge is 0.412 e. The van der Waals surface area contributed by atoms with E-state index < -0.39 is 0 Å². The predicted octanol–water partition coefficient (Wildman–Crippen LogP) is 2.46. The van der Waals surface area contributed by atoms with E-state index >= 15 is 0 Å². The highest BCUT2D eigenvalue weighted by Crippen LogP contribution is 2.38. The summed E-state index contributed by atoms with van der Waals surface area (Å²) in [5.74, 6) is 0. The molecule has 0 aromatic carbocycles. The summed E-state index contributed by atoms with van der Waals surface area (Å²) in [6.45, 7) is 0. The van der Waals surface area contributed by atoms with Crippen LogP contribution in [0.25, 0.3) is 0 Å². The van der Waals surface area contributed by atoms with Crippen molar-refractivity contribution in [1.29, 1.82) is 0 Å². The zero-order chi connectivity index (χ0) is 7.49. The van der Waals surface area contributed by atoms with E-state index in [1.165, 1.54) is 0 Å². The maximum atomic E-state index is 5.45. The fourth-order valence-electron chi connectivity index (χ4n) is 0.302. The molecular weight excluding hydrogens is 398 g/mol. The van der Waals surface area contributed by atoms with Gasteiger partial charge < -0.3 is 11.2 Å². The SMILES string of the molecule is NC(Br)CCC(Br)(Br)Br.O. The van der Waals surface area contributed by atoms with E-state index in [4.69, 9.17) is 5.73 Å². The van der Waals surface area contributed by atoms with Crippen LogP contribution in [0.3, 0.4) is 0 Å². The highest BCUT2D eigenvalue weighted by Gasteiger charge is 2.17. The molecular formula is C4H9Br4NO. The summed E-state index contributed by atoms with van der Waals surface area (Å²) in [6, 6.07) is 0. The summed E-state index contributed by atoms with van der Waals surface area (Å²) in [4.78, 5) is 0.0875. The summed E-state index contributed by atoms with van der Waals surface area (Å²) < 4.78 is -0.140. The van der Waals surface area contributed by atoms with E-state index in [0.717, 1.165) is 12.8 Å². The molecule has 0 aromatic rings. The standard InChI is InChI=1S/C4H7Br4N.H2O/c5-3(9)1-2-4(6,7)8;/h3H,1-2,9H2;1H2. The molecule has 0 bridgehead atoms. The summed E-state index contributed by atoms with van der Waals surface area (Å²) in [5, 5.41) is 0. The molecule has 0 radical (unpaired) electrons. The van der Waals surface area contributed by atoms with Crippen LogP contribution in [-0.2, 0) is 0 Å². The minimum absolute atomic E-state index is 0. The van der Waals surface area contributed by atoms with E-state index in [1.807, 2.05) is 0 Å². The summed E-state index contributed by atoms with van der Waals surface area (Å²) in [7, 11) is 0. The van der Waals surface area contributed by atoms with Crippen molar-refractivity contribution >= 4 is 63.7 Å². The Hall–Kier alpha value is 1.84. The number of hydrogen-bond donors (Lipinski definition) is 1. The van der Waals surface area contributed by atoms with Crippen molar-refractivity contribution in [2.75, 3.05) is 0 Å². The van der Waals surface area contributed by atoms with Gasteiger partial charge in [0.2, 0.25) is 0 Å². The van der Waals surface area contributed by atoms with Gasteiger partial charge in [-0.15, -0.1) is 0 Å². The second-order valence-electron chi connectivity index (χ2n) is 1.67. The molecule has 0 aliphatic heterocycles. The van der Waals surface area contributed by atoms with Crippen LogP contribution in [0, 0.1) is 0 Å². The Bertz CT molecular complexity index is 81.8. The molecule has 1 unspecified atom stereocenters. The van der Waals surface area contributed by atoms with Crippen LogP contribution < -0.4 is 5.73 Å². The van der Waals surface area contributed by atoms with Crippen molar-refractivity contribution in [3.05, 3.63) is 0 Å². The Labute approximate surface area is 94.1 Å². The van der Waals surface area contributed by atoms with Gasteiger partial charge in [0.1, 0.15) is 2.14 Å². The zero-order valence-electron chi connectivity index (χ0n) is 5.08. The number of hydrogen-bond acceptors (Lipinski definition) is 1. The van der Waals surface area contributed by atoms with Crippen molar-refractivity contribution in [2.24, 2.45) is 5.73 Å². The second kappa shape index (κ2) is 6.37. The molecule has 2 nitrogen and oxygen atoms in total. The van der Waals surface area contributed by atoms with Gasteiger partial charge in [0.25, 0.3) is 0 Å². The highest BCUT2D eigenvalue weighted by atomic mass is 80.0. The van der Waals surface area contributed by atoms with Crippen LogP contribution in [0.15, 0.2) is 0 Å². The molecule has 0 heterocycles. The fraction of sp³-hybridized carbons (Fsp3) is 1.00. The summed E-state index contributed by atoms with van der Waals surface area (Å²) in [6.07, 6.45) is 1.85. The van der Waals surface area contributed by atoms with Gasteiger partial charge in [0.15, 0.2) is 0 Å². The molecule has 0 aliphatic rings. The van der Waals surface area contributed by atoms with Crippen molar-refractivity contribution < 1.29 is 5.48 Å². The molecule has 0 amide bonds. The Morgan fingerprint density at radius 1 is 1.30 bits per heavy atom. The molecule has 64 valence electrons. The molecule has 0 saturated carbocycles. The average Bonchev–Trinajstić information content (AvgIpc) is 1.59. The third kappa shape index (κ3) is 12.5. The molecule has 6 heteroatoms. The van der Waals surface area contributed by atoms with Crippen LogP contribution in [-0.4, -0.2) is 12.6 Å². The van der Waals surface area contributed by atoms with Crippen molar-refractivity contribution in [1.82, 2.24) is 0 Å². The lowest BCUT2D eigenvalue weighted by atomic mass is 10.3. The summed E-state index contributed by atoms with van der Waals surface area (Å²) >= 11 is 13.3. The van der Waals surface area contributed by atoms with Gasteiger partial charge in [-0.05, 0) is 12.8 Å². The lowest BCUT2D eigenvalue weighted by molar-refractivity contribution is 0.762. The molecule has 0 saturated heterocycles. The minimum atomic E-state index is -0.140. The molecule has 0 aliphatic carbocycles. The Balaban J connectivity index is 0. The Kier molecular flexibility index (Phi) is 9.15. The van der Waals surface area contributed by atoms with Crippen LogP contribution in [0.4, 0.5) is 0 Å². The second-order valence-corrected chi connectivity index (χ2v) is 10.1. The van der Waals surface area contributed by atoms with Crippen molar-refractivity contribution in [3.8, 4) is 0 Å². The summed E-state index contributed by atoms with van der Waals surface area (Å²) in [5.41, 5.74) is 5.45. The van der Waals surface area contributed by atoms with E-state index in [1.54, 1.807) is 0 Å². The van der Waals surface area contributed by atoms with Crippen LogP contribution in [0.1, 0.15) is 12.8 Å².